The Bertz CT molecular complexity index is 1150. The van der Waals surface area contributed by atoms with E-state index in [0.717, 1.165) is 70.6 Å². The maximum atomic E-state index is 12.5. The lowest BCUT2D eigenvalue weighted by Crippen LogP contribution is -2.45. The fraction of sp³-hybridized carbons (Fsp3) is 0.912. The maximum Gasteiger partial charge on any atom is 0.305 e. The first kappa shape index (κ1) is 72.3. The lowest BCUT2D eigenvalue weighted by atomic mass is 10.0. The van der Waals surface area contributed by atoms with Crippen molar-refractivity contribution in [2.75, 3.05) is 13.2 Å². The Hall–Kier alpha value is -1.66. The van der Waals surface area contributed by atoms with Crippen LogP contribution >= 0.6 is 0 Å². The molecule has 0 aromatic heterocycles. The molecule has 3 N–H and O–H groups in total. The smallest absolute Gasteiger partial charge is 0.305 e. The van der Waals surface area contributed by atoms with E-state index in [1.807, 2.05) is 6.08 Å². The van der Waals surface area contributed by atoms with Crippen LogP contribution < -0.4 is 5.32 Å². The second-order valence-corrected chi connectivity index (χ2v) is 23.2. The number of aliphatic hydroxyl groups is 2. The van der Waals surface area contributed by atoms with Gasteiger partial charge in [-0.15, -0.1) is 0 Å². The van der Waals surface area contributed by atoms with Gasteiger partial charge in [0.25, 0.3) is 0 Å². The Kier molecular flexibility index (Phi) is 62.4. The van der Waals surface area contributed by atoms with Gasteiger partial charge in [0.2, 0.25) is 5.91 Å². The number of ether oxygens (including phenoxy) is 1. The molecule has 0 aliphatic heterocycles. The summed E-state index contributed by atoms with van der Waals surface area (Å²) in [6.45, 7) is 4.91. The molecule has 0 saturated heterocycles. The summed E-state index contributed by atoms with van der Waals surface area (Å²) in [5.74, 6) is -0.0846. The van der Waals surface area contributed by atoms with Gasteiger partial charge in [-0.05, 0) is 57.8 Å². The second-order valence-electron chi connectivity index (χ2n) is 23.2. The van der Waals surface area contributed by atoms with Crippen molar-refractivity contribution in [2.45, 2.75) is 386 Å². The van der Waals surface area contributed by atoms with Crippen LogP contribution in [-0.4, -0.2) is 47.4 Å². The van der Waals surface area contributed by atoms with E-state index in [4.69, 9.17) is 4.74 Å². The SMILES string of the molecule is CCCCCCCCCCCCCCCCCCCCCCC/C=C/C(O)C(CO)NC(=O)CCCCCCCCC/C=C\CCCCCCOC(=O)CCCCCCCCCCCCCCCCCCCCC. The number of aliphatic hydroxyl groups excluding tert-OH is 2. The largest absolute Gasteiger partial charge is 0.466 e. The number of rotatable bonds is 63. The molecule has 0 aromatic rings. The first-order chi connectivity index (χ1) is 36.5. The third-order valence-electron chi connectivity index (χ3n) is 15.7. The predicted molar refractivity (Wildman–Crippen MR) is 324 cm³/mol. The van der Waals surface area contributed by atoms with Crippen molar-refractivity contribution in [3.63, 3.8) is 0 Å². The van der Waals surface area contributed by atoms with Gasteiger partial charge in [0.1, 0.15) is 0 Å². The minimum absolute atomic E-state index is 0.00547. The number of carbonyl (C=O) groups is 2. The monoisotopic (exact) mass is 1040 g/mol. The summed E-state index contributed by atoms with van der Waals surface area (Å²) in [5.41, 5.74) is 0. The fourth-order valence-corrected chi connectivity index (χ4v) is 10.6. The van der Waals surface area contributed by atoms with Crippen LogP contribution in [0.25, 0.3) is 0 Å². The Balaban J connectivity index is 3.47. The van der Waals surface area contributed by atoms with E-state index in [-0.39, 0.29) is 18.5 Å². The van der Waals surface area contributed by atoms with Crippen LogP contribution in [-0.2, 0) is 14.3 Å². The lowest BCUT2D eigenvalue weighted by Gasteiger charge is -2.20. The summed E-state index contributed by atoms with van der Waals surface area (Å²) < 4.78 is 5.49. The Morgan fingerprint density at radius 3 is 0.959 bits per heavy atom. The summed E-state index contributed by atoms with van der Waals surface area (Å²) in [6.07, 6.45) is 79.5. The number of carbonyl (C=O) groups excluding carboxylic acids is 2. The van der Waals surface area contributed by atoms with E-state index in [2.05, 4.69) is 31.3 Å². The van der Waals surface area contributed by atoms with Crippen molar-refractivity contribution in [1.29, 1.82) is 0 Å². The molecule has 74 heavy (non-hydrogen) atoms. The molecule has 0 radical (unpaired) electrons. The highest BCUT2D eigenvalue weighted by molar-refractivity contribution is 5.76. The predicted octanol–water partition coefficient (Wildman–Crippen LogP) is 21.4. The van der Waals surface area contributed by atoms with Crippen LogP contribution in [0.15, 0.2) is 24.3 Å². The Morgan fingerprint density at radius 2 is 0.635 bits per heavy atom. The topological polar surface area (TPSA) is 95.9 Å². The minimum Gasteiger partial charge on any atom is -0.466 e. The van der Waals surface area contributed by atoms with E-state index in [9.17, 15) is 19.8 Å². The van der Waals surface area contributed by atoms with E-state index in [0.29, 0.717) is 19.4 Å². The van der Waals surface area contributed by atoms with Crippen molar-refractivity contribution < 1.29 is 24.5 Å². The summed E-state index contributed by atoms with van der Waals surface area (Å²) in [5, 5.41) is 23.2. The highest BCUT2D eigenvalue weighted by atomic mass is 16.5. The van der Waals surface area contributed by atoms with Crippen molar-refractivity contribution in [3.05, 3.63) is 24.3 Å². The average molecular weight is 1040 g/mol. The van der Waals surface area contributed by atoms with Gasteiger partial charge in [-0.25, -0.2) is 0 Å². The number of allylic oxidation sites excluding steroid dienone is 3. The summed E-state index contributed by atoms with van der Waals surface area (Å²) in [6, 6.07) is -0.640. The molecule has 0 spiro atoms. The number of hydrogen-bond donors (Lipinski definition) is 3. The zero-order valence-electron chi connectivity index (χ0n) is 50.1. The molecule has 0 bridgehead atoms. The molecule has 0 saturated carbocycles. The van der Waals surface area contributed by atoms with E-state index < -0.39 is 12.1 Å². The summed E-state index contributed by atoms with van der Waals surface area (Å²) in [7, 11) is 0. The molecule has 0 aliphatic rings. The van der Waals surface area contributed by atoms with E-state index in [1.54, 1.807) is 6.08 Å². The normalized spacial score (nSPS) is 12.6. The molecule has 2 unspecified atom stereocenters. The molecule has 0 rings (SSSR count). The molecule has 2 atom stereocenters. The quantitative estimate of drug-likeness (QED) is 0.0320. The average Bonchev–Trinajstić information content (AvgIpc) is 3.40. The van der Waals surface area contributed by atoms with Crippen LogP contribution in [0.2, 0.25) is 0 Å². The maximum absolute atomic E-state index is 12.5. The van der Waals surface area contributed by atoms with Crippen LogP contribution in [0.3, 0.4) is 0 Å². The second kappa shape index (κ2) is 63.9. The number of nitrogens with one attached hydrogen (secondary N) is 1. The van der Waals surface area contributed by atoms with Gasteiger partial charge in [-0.2, -0.15) is 0 Å². The van der Waals surface area contributed by atoms with E-state index in [1.165, 1.54) is 276 Å². The number of amides is 1. The molecule has 0 aromatic carbocycles. The first-order valence-corrected chi connectivity index (χ1v) is 33.6. The van der Waals surface area contributed by atoms with Crippen LogP contribution in [0.5, 0.6) is 0 Å². The van der Waals surface area contributed by atoms with Crippen molar-refractivity contribution in [1.82, 2.24) is 5.32 Å². The molecule has 1 amide bonds. The van der Waals surface area contributed by atoms with Gasteiger partial charge >= 0.3 is 5.97 Å². The number of hydrogen-bond acceptors (Lipinski definition) is 5. The van der Waals surface area contributed by atoms with Crippen LogP contribution in [0.1, 0.15) is 373 Å². The molecule has 0 heterocycles. The van der Waals surface area contributed by atoms with Gasteiger partial charge in [-0.1, -0.05) is 327 Å². The Labute approximate surface area is 462 Å². The molecule has 0 aliphatic carbocycles. The molecular weight excluding hydrogens is 911 g/mol. The van der Waals surface area contributed by atoms with Gasteiger partial charge in [-0.3, -0.25) is 9.59 Å². The molecular formula is C68H131NO5. The highest BCUT2D eigenvalue weighted by Crippen LogP contribution is 2.18. The third-order valence-corrected chi connectivity index (χ3v) is 15.7. The van der Waals surface area contributed by atoms with Crippen molar-refractivity contribution >= 4 is 11.9 Å². The molecule has 438 valence electrons. The Morgan fingerprint density at radius 1 is 0.365 bits per heavy atom. The molecule has 6 nitrogen and oxygen atoms in total. The standard InChI is InChI=1S/C68H131NO5/c1-3-5-7-9-11-13-15-17-19-21-23-24-25-26-28-29-32-36-40-44-48-52-56-60-66(71)65(64-70)69-67(72)61-57-53-49-45-41-37-33-31-35-39-43-47-51-55-59-63-74-68(73)62-58-54-50-46-42-38-34-30-27-22-20-18-16-14-12-10-8-6-4-2/h35,39,56,60,65-66,70-71H,3-34,36-38,40-55,57-59,61-64H2,1-2H3,(H,69,72)/b39-35-,60-56+. The van der Waals surface area contributed by atoms with Gasteiger partial charge in [0, 0.05) is 12.8 Å². The zero-order chi connectivity index (χ0) is 53.6. The zero-order valence-corrected chi connectivity index (χ0v) is 50.1. The first-order valence-electron chi connectivity index (χ1n) is 33.6. The molecule has 0 fully saturated rings. The summed E-state index contributed by atoms with van der Waals surface area (Å²) >= 11 is 0. The molecule has 6 heteroatoms. The van der Waals surface area contributed by atoms with E-state index >= 15 is 0 Å². The fourth-order valence-electron chi connectivity index (χ4n) is 10.6. The van der Waals surface area contributed by atoms with Gasteiger partial charge in [0.05, 0.1) is 25.4 Å². The minimum atomic E-state index is -0.856. The van der Waals surface area contributed by atoms with Gasteiger partial charge in [0.15, 0.2) is 0 Å². The highest BCUT2D eigenvalue weighted by Gasteiger charge is 2.18. The third kappa shape index (κ3) is 59.6. The van der Waals surface area contributed by atoms with Crippen molar-refractivity contribution in [2.24, 2.45) is 0 Å². The van der Waals surface area contributed by atoms with Gasteiger partial charge < -0.3 is 20.3 Å². The lowest BCUT2D eigenvalue weighted by molar-refractivity contribution is -0.143. The number of unbranched alkanes of at least 4 members (excludes halogenated alkanes) is 50. The van der Waals surface area contributed by atoms with Crippen LogP contribution in [0, 0.1) is 0 Å². The number of esters is 1. The van der Waals surface area contributed by atoms with Crippen molar-refractivity contribution in [3.8, 4) is 0 Å². The van der Waals surface area contributed by atoms with Crippen LogP contribution in [0.4, 0.5) is 0 Å². The summed E-state index contributed by atoms with van der Waals surface area (Å²) in [4.78, 5) is 24.6.